The van der Waals surface area contributed by atoms with Crippen LogP contribution < -0.4 is 5.32 Å². The van der Waals surface area contributed by atoms with E-state index in [2.05, 4.69) is 29.1 Å². The maximum Gasteiger partial charge on any atom is 0.0826 e. The summed E-state index contributed by atoms with van der Waals surface area (Å²) in [5.74, 6) is 0. The molecule has 4 nitrogen and oxygen atoms in total. The Kier molecular flexibility index (Phi) is 5.89. The molecule has 2 aliphatic rings. The lowest BCUT2D eigenvalue weighted by molar-refractivity contribution is -0.0258. The highest BCUT2D eigenvalue weighted by Crippen LogP contribution is 2.14. The molecule has 2 aliphatic heterocycles. The Labute approximate surface area is 112 Å². The van der Waals surface area contributed by atoms with E-state index in [0.717, 1.165) is 45.4 Å². The molecule has 18 heavy (non-hydrogen) atoms. The lowest BCUT2D eigenvalue weighted by atomic mass is 10.0. The molecule has 0 saturated carbocycles. The molecule has 0 radical (unpaired) electrons. The van der Waals surface area contributed by atoms with Crippen molar-refractivity contribution < 1.29 is 4.74 Å². The molecule has 4 heteroatoms. The third-order valence-corrected chi connectivity index (χ3v) is 4.34. The minimum Gasteiger partial charge on any atom is -0.374 e. The zero-order valence-corrected chi connectivity index (χ0v) is 12.0. The van der Waals surface area contributed by atoms with Gasteiger partial charge in [0.2, 0.25) is 0 Å². The third-order valence-electron chi connectivity index (χ3n) is 4.34. The molecule has 2 unspecified atom stereocenters. The van der Waals surface area contributed by atoms with Gasteiger partial charge in [-0.3, -0.25) is 4.90 Å². The average Bonchev–Trinajstić information content (AvgIpc) is 2.41. The molecule has 2 saturated heterocycles. The van der Waals surface area contributed by atoms with Crippen LogP contribution in [0.1, 0.15) is 26.2 Å². The zero-order chi connectivity index (χ0) is 12.8. The molecule has 0 bridgehead atoms. The molecule has 2 fully saturated rings. The van der Waals surface area contributed by atoms with Crippen molar-refractivity contribution in [3.63, 3.8) is 0 Å². The van der Waals surface area contributed by atoms with Crippen molar-refractivity contribution in [1.29, 1.82) is 0 Å². The summed E-state index contributed by atoms with van der Waals surface area (Å²) in [7, 11) is 2.25. The fourth-order valence-electron chi connectivity index (χ4n) is 3.00. The first-order valence-electron chi connectivity index (χ1n) is 7.54. The number of morpholine rings is 1. The number of rotatable bonds is 5. The Morgan fingerprint density at radius 3 is 2.89 bits per heavy atom. The van der Waals surface area contributed by atoms with Crippen LogP contribution in [0.15, 0.2) is 0 Å². The van der Waals surface area contributed by atoms with Crippen molar-refractivity contribution in [3.8, 4) is 0 Å². The van der Waals surface area contributed by atoms with Crippen molar-refractivity contribution >= 4 is 0 Å². The topological polar surface area (TPSA) is 27.7 Å². The fourth-order valence-corrected chi connectivity index (χ4v) is 3.00. The molecular weight excluding hydrogens is 226 g/mol. The SMILES string of the molecule is CCN1CCOC(CNCC2CCCCN2C)C1. The molecule has 2 rings (SSSR count). The smallest absolute Gasteiger partial charge is 0.0826 e. The number of nitrogens with one attached hydrogen (secondary N) is 1. The van der Waals surface area contributed by atoms with E-state index in [9.17, 15) is 0 Å². The van der Waals surface area contributed by atoms with Gasteiger partial charge in [-0.1, -0.05) is 13.3 Å². The first-order chi connectivity index (χ1) is 8.79. The van der Waals surface area contributed by atoms with Gasteiger partial charge in [-0.05, 0) is 33.0 Å². The van der Waals surface area contributed by atoms with Crippen molar-refractivity contribution in [1.82, 2.24) is 15.1 Å². The summed E-state index contributed by atoms with van der Waals surface area (Å²) in [4.78, 5) is 4.97. The van der Waals surface area contributed by atoms with E-state index < -0.39 is 0 Å². The Morgan fingerprint density at radius 1 is 1.22 bits per heavy atom. The quantitative estimate of drug-likeness (QED) is 0.786. The molecule has 0 aliphatic carbocycles. The molecular formula is C14H29N3O. The Balaban J connectivity index is 1.62. The van der Waals surface area contributed by atoms with Crippen LogP contribution in [-0.4, -0.2) is 74.9 Å². The summed E-state index contributed by atoms with van der Waals surface area (Å²) >= 11 is 0. The van der Waals surface area contributed by atoms with Crippen LogP contribution in [0.2, 0.25) is 0 Å². The number of ether oxygens (including phenoxy) is 1. The van der Waals surface area contributed by atoms with E-state index in [1.807, 2.05) is 0 Å². The second kappa shape index (κ2) is 7.43. The van der Waals surface area contributed by atoms with Gasteiger partial charge < -0.3 is 15.0 Å². The van der Waals surface area contributed by atoms with Crippen molar-refractivity contribution in [2.75, 3.05) is 52.9 Å². The van der Waals surface area contributed by atoms with E-state index in [0.29, 0.717) is 6.10 Å². The molecule has 0 aromatic rings. The molecule has 106 valence electrons. The van der Waals surface area contributed by atoms with Gasteiger partial charge in [-0.15, -0.1) is 0 Å². The van der Waals surface area contributed by atoms with Crippen LogP contribution in [-0.2, 0) is 4.74 Å². The monoisotopic (exact) mass is 255 g/mol. The zero-order valence-electron chi connectivity index (χ0n) is 12.0. The number of likely N-dealkylation sites (tertiary alicyclic amines) is 1. The van der Waals surface area contributed by atoms with E-state index in [1.165, 1.54) is 25.8 Å². The first-order valence-corrected chi connectivity index (χ1v) is 7.54. The summed E-state index contributed by atoms with van der Waals surface area (Å²) in [6, 6.07) is 0.726. The Morgan fingerprint density at radius 2 is 2.11 bits per heavy atom. The second-order valence-electron chi connectivity index (χ2n) is 5.67. The van der Waals surface area contributed by atoms with Gasteiger partial charge in [0.25, 0.3) is 0 Å². The van der Waals surface area contributed by atoms with Crippen molar-refractivity contribution in [3.05, 3.63) is 0 Å². The standard InChI is InChI=1S/C14H29N3O/c1-3-17-8-9-18-14(12-17)11-15-10-13-6-4-5-7-16(13)2/h13-15H,3-12H2,1-2H3. The number of piperidine rings is 1. The summed E-state index contributed by atoms with van der Waals surface area (Å²) in [5, 5.41) is 3.61. The number of nitrogens with zero attached hydrogens (tertiary/aromatic N) is 2. The molecule has 1 N–H and O–H groups in total. The number of hydrogen-bond donors (Lipinski definition) is 1. The summed E-state index contributed by atoms with van der Waals surface area (Å²) in [5.41, 5.74) is 0. The first kappa shape index (κ1) is 14.3. The lowest BCUT2D eigenvalue weighted by Gasteiger charge is -2.35. The minimum atomic E-state index is 0.382. The highest BCUT2D eigenvalue weighted by atomic mass is 16.5. The molecule has 0 spiro atoms. The van der Waals surface area contributed by atoms with Crippen molar-refractivity contribution in [2.45, 2.75) is 38.3 Å². The summed E-state index contributed by atoms with van der Waals surface area (Å²) < 4.78 is 5.81. The summed E-state index contributed by atoms with van der Waals surface area (Å²) in [6.07, 6.45) is 4.48. The van der Waals surface area contributed by atoms with E-state index >= 15 is 0 Å². The van der Waals surface area contributed by atoms with E-state index in [1.54, 1.807) is 0 Å². The van der Waals surface area contributed by atoms with E-state index in [4.69, 9.17) is 4.74 Å². The average molecular weight is 255 g/mol. The lowest BCUT2D eigenvalue weighted by Crippen LogP contribution is -2.49. The van der Waals surface area contributed by atoms with Gasteiger partial charge in [0.15, 0.2) is 0 Å². The van der Waals surface area contributed by atoms with Crippen LogP contribution in [0.4, 0.5) is 0 Å². The van der Waals surface area contributed by atoms with Crippen LogP contribution in [0.3, 0.4) is 0 Å². The molecule has 0 aromatic heterocycles. The van der Waals surface area contributed by atoms with Gasteiger partial charge >= 0.3 is 0 Å². The minimum absolute atomic E-state index is 0.382. The van der Waals surface area contributed by atoms with Gasteiger partial charge in [0, 0.05) is 32.2 Å². The maximum atomic E-state index is 5.81. The van der Waals surface area contributed by atoms with Gasteiger partial charge in [-0.2, -0.15) is 0 Å². The molecule has 2 atom stereocenters. The third kappa shape index (κ3) is 4.19. The normalized spacial score (nSPS) is 31.7. The molecule has 2 heterocycles. The fraction of sp³-hybridized carbons (Fsp3) is 1.00. The van der Waals surface area contributed by atoms with Crippen LogP contribution in [0.5, 0.6) is 0 Å². The number of likely N-dealkylation sites (N-methyl/N-ethyl adjacent to an activating group) is 2. The van der Waals surface area contributed by atoms with Gasteiger partial charge in [0.1, 0.15) is 0 Å². The van der Waals surface area contributed by atoms with E-state index in [-0.39, 0.29) is 0 Å². The van der Waals surface area contributed by atoms with Crippen LogP contribution in [0, 0.1) is 0 Å². The predicted octanol–water partition coefficient (Wildman–Crippen LogP) is 0.781. The predicted molar refractivity (Wildman–Crippen MR) is 75.0 cm³/mol. The van der Waals surface area contributed by atoms with Crippen molar-refractivity contribution in [2.24, 2.45) is 0 Å². The maximum absolute atomic E-state index is 5.81. The Bertz CT molecular complexity index is 237. The highest BCUT2D eigenvalue weighted by molar-refractivity contribution is 4.78. The van der Waals surface area contributed by atoms with Gasteiger partial charge in [0.05, 0.1) is 12.7 Å². The highest BCUT2D eigenvalue weighted by Gasteiger charge is 2.21. The summed E-state index contributed by atoms with van der Waals surface area (Å²) in [6.45, 7) is 9.82. The molecule has 0 amide bonds. The number of hydrogen-bond acceptors (Lipinski definition) is 4. The second-order valence-corrected chi connectivity index (χ2v) is 5.67. The Hall–Kier alpha value is -0.160. The van der Waals surface area contributed by atoms with Crippen LogP contribution >= 0.6 is 0 Å². The van der Waals surface area contributed by atoms with Gasteiger partial charge in [-0.25, -0.2) is 0 Å². The molecule has 0 aromatic carbocycles. The largest absolute Gasteiger partial charge is 0.374 e. The van der Waals surface area contributed by atoms with Crippen LogP contribution in [0.25, 0.3) is 0 Å².